The molecule has 2 rings (SSSR count). The number of nitrogens with one attached hydrogen (secondary N) is 1. The molecule has 2 amide bonds. The summed E-state index contributed by atoms with van der Waals surface area (Å²) in [5.74, 6) is -0.506. The van der Waals surface area contributed by atoms with E-state index in [-0.39, 0.29) is 12.0 Å². The lowest BCUT2D eigenvalue weighted by molar-refractivity contribution is -0.116. The van der Waals surface area contributed by atoms with Crippen LogP contribution >= 0.6 is 0 Å². The largest absolute Gasteiger partial charge is 0.465 e. The maximum atomic E-state index is 12.1. The first-order chi connectivity index (χ1) is 12.5. The molecule has 1 aromatic rings. The summed E-state index contributed by atoms with van der Waals surface area (Å²) < 4.78 is 9.62. The molecule has 0 spiro atoms. The molecule has 1 aliphatic rings. The van der Waals surface area contributed by atoms with Gasteiger partial charge in [0, 0.05) is 44.8 Å². The van der Waals surface area contributed by atoms with Gasteiger partial charge in [0.05, 0.1) is 19.3 Å². The predicted octanol–water partition coefficient (Wildman–Crippen LogP) is 1.58. The molecule has 1 fully saturated rings. The van der Waals surface area contributed by atoms with E-state index in [9.17, 15) is 14.4 Å². The number of piperazine rings is 1. The van der Waals surface area contributed by atoms with Gasteiger partial charge in [-0.05, 0) is 31.2 Å². The molecule has 0 aliphatic carbocycles. The number of ether oxygens (including phenoxy) is 2. The Hall–Kier alpha value is -2.61. The number of hydrogen-bond donors (Lipinski definition) is 1. The van der Waals surface area contributed by atoms with Crippen LogP contribution in [0.15, 0.2) is 24.3 Å². The number of carbonyl (C=O) groups is 3. The van der Waals surface area contributed by atoms with Crippen molar-refractivity contribution in [3.63, 3.8) is 0 Å². The van der Waals surface area contributed by atoms with Crippen LogP contribution in [-0.2, 0) is 14.3 Å². The molecule has 142 valence electrons. The molecule has 0 saturated carbocycles. The van der Waals surface area contributed by atoms with E-state index in [4.69, 9.17) is 4.74 Å². The lowest BCUT2D eigenvalue weighted by Gasteiger charge is -2.33. The molecule has 1 aromatic carbocycles. The topological polar surface area (TPSA) is 88.2 Å². The van der Waals surface area contributed by atoms with Crippen molar-refractivity contribution in [2.24, 2.45) is 0 Å². The Morgan fingerprint density at radius 1 is 1.08 bits per heavy atom. The van der Waals surface area contributed by atoms with Crippen molar-refractivity contribution in [3.8, 4) is 0 Å². The predicted molar refractivity (Wildman–Crippen MR) is 96.1 cm³/mol. The number of amides is 2. The zero-order valence-electron chi connectivity index (χ0n) is 15.2. The van der Waals surface area contributed by atoms with E-state index in [1.165, 1.54) is 7.11 Å². The number of benzene rings is 1. The summed E-state index contributed by atoms with van der Waals surface area (Å²) in [5, 5.41) is 2.81. The highest BCUT2D eigenvalue weighted by atomic mass is 16.6. The Balaban J connectivity index is 1.71. The summed E-state index contributed by atoms with van der Waals surface area (Å²) >= 11 is 0. The minimum Gasteiger partial charge on any atom is -0.465 e. The molecule has 8 heteroatoms. The van der Waals surface area contributed by atoms with Crippen LogP contribution in [0.3, 0.4) is 0 Å². The first-order valence-corrected chi connectivity index (χ1v) is 8.65. The lowest BCUT2D eigenvalue weighted by Crippen LogP contribution is -2.49. The van der Waals surface area contributed by atoms with Gasteiger partial charge in [0.25, 0.3) is 0 Å². The zero-order chi connectivity index (χ0) is 18.9. The third-order valence-electron chi connectivity index (χ3n) is 4.14. The average molecular weight is 363 g/mol. The second kappa shape index (κ2) is 9.76. The van der Waals surface area contributed by atoms with E-state index in [1.54, 1.807) is 36.1 Å². The molecule has 26 heavy (non-hydrogen) atoms. The van der Waals surface area contributed by atoms with Crippen LogP contribution in [0.2, 0.25) is 0 Å². The normalized spacial score (nSPS) is 14.6. The number of rotatable bonds is 6. The lowest BCUT2D eigenvalue weighted by atomic mass is 10.2. The first-order valence-electron chi connectivity index (χ1n) is 8.65. The molecule has 8 nitrogen and oxygen atoms in total. The van der Waals surface area contributed by atoms with Crippen molar-refractivity contribution in [1.82, 2.24) is 9.80 Å². The Kier molecular flexibility index (Phi) is 7.40. The van der Waals surface area contributed by atoms with Gasteiger partial charge in [0.15, 0.2) is 0 Å². The maximum absolute atomic E-state index is 12.1. The second-order valence-electron chi connectivity index (χ2n) is 5.89. The number of esters is 1. The maximum Gasteiger partial charge on any atom is 0.409 e. The average Bonchev–Trinajstić information content (AvgIpc) is 2.67. The van der Waals surface area contributed by atoms with Crippen LogP contribution in [-0.4, -0.2) is 74.2 Å². The number of hydrogen-bond acceptors (Lipinski definition) is 6. The Labute approximate surface area is 153 Å². The number of anilines is 1. The number of methoxy groups -OCH3 is 1. The molecule has 1 aliphatic heterocycles. The monoisotopic (exact) mass is 363 g/mol. The fraction of sp³-hybridized carbons (Fsp3) is 0.500. The summed E-state index contributed by atoms with van der Waals surface area (Å²) in [6, 6.07) is 6.55. The van der Waals surface area contributed by atoms with Gasteiger partial charge in [-0.3, -0.25) is 9.69 Å². The highest BCUT2D eigenvalue weighted by Gasteiger charge is 2.22. The van der Waals surface area contributed by atoms with Crippen molar-refractivity contribution in [3.05, 3.63) is 29.8 Å². The first kappa shape index (κ1) is 19.7. The van der Waals surface area contributed by atoms with Crippen LogP contribution in [0, 0.1) is 0 Å². The standard InChI is InChI=1S/C18H25N3O5/c1-3-26-18(24)21-12-10-20(11-13-21)9-8-16(22)19-15-6-4-14(5-7-15)17(23)25-2/h4-7H,3,8-13H2,1-2H3,(H,19,22). The van der Waals surface area contributed by atoms with E-state index in [0.29, 0.717) is 43.9 Å². The van der Waals surface area contributed by atoms with Crippen molar-refractivity contribution in [2.45, 2.75) is 13.3 Å². The summed E-state index contributed by atoms with van der Waals surface area (Å²) in [6.07, 6.45) is 0.0818. The highest BCUT2D eigenvalue weighted by Crippen LogP contribution is 2.11. The third-order valence-corrected chi connectivity index (χ3v) is 4.14. The molecule has 0 atom stereocenters. The van der Waals surface area contributed by atoms with Gasteiger partial charge in [0.1, 0.15) is 0 Å². The summed E-state index contributed by atoms with van der Waals surface area (Å²) in [6.45, 7) is 5.45. The van der Waals surface area contributed by atoms with Crippen molar-refractivity contribution in [1.29, 1.82) is 0 Å². The van der Waals surface area contributed by atoms with Gasteiger partial charge in [0.2, 0.25) is 5.91 Å². The minimum atomic E-state index is -0.412. The molecule has 0 unspecified atom stereocenters. The SMILES string of the molecule is CCOC(=O)N1CCN(CCC(=O)Nc2ccc(C(=O)OC)cc2)CC1. The Bertz CT molecular complexity index is 624. The fourth-order valence-electron chi connectivity index (χ4n) is 2.66. The smallest absolute Gasteiger partial charge is 0.409 e. The summed E-state index contributed by atoms with van der Waals surface area (Å²) in [4.78, 5) is 38.9. The third kappa shape index (κ3) is 5.73. The van der Waals surface area contributed by atoms with E-state index < -0.39 is 5.97 Å². The van der Waals surface area contributed by atoms with Crippen LogP contribution in [0.4, 0.5) is 10.5 Å². The van der Waals surface area contributed by atoms with E-state index >= 15 is 0 Å². The summed E-state index contributed by atoms with van der Waals surface area (Å²) in [7, 11) is 1.32. The Morgan fingerprint density at radius 3 is 2.31 bits per heavy atom. The van der Waals surface area contributed by atoms with E-state index in [1.807, 2.05) is 0 Å². The van der Waals surface area contributed by atoms with Crippen LogP contribution < -0.4 is 5.32 Å². The minimum absolute atomic E-state index is 0.0939. The molecule has 0 radical (unpaired) electrons. The quantitative estimate of drug-likeness (QED) is 0.772. The van der Waals surface area contributed by atoms with Gasteiger partial charge in [-0.15, -0.1) is 0 Å². The molecule has 1 N–H and O–H groups in total. The van der Waals surface area contributed by atoms with Crippen LogP contribution in [0.25, 0.3) is 0 Å². The zero-order valence-corrected chi connectivity index (χ0v) is 15.2. The van der Waals surface area contributed by atoms with E-state index in [0.717, 1.165) is 13.1 Å². The van der Waals surface area contributed by atoms with Crippen molar-refractivity contribution >= 4 is 23.7 Å². The van der Waals surface area contributed by atoms with Gasteiger partial charge < -0.3 is 19.7 Å². The van der Waals surface area contributed by atoms with E-state index in [2.05, 4.69) is 15.0 Å². The Morgan fingerprint density at radius 2 is 1.73 bits per heavy atom. The highest BCUT2D eigenvalue weighted by molar-refractivity contribution is 5.93. The van der Waals surface area contributed by atoms with Gasteiger partial charge in [-0.2, -0.15) is 0 Å². The number of nitrogens with zero attached hydrogens (tertiary/aromatic N) is 2. The van der Waals surface area contributed by atoms with Crippen molar-refractivity contribution < 1.29 is 23.9 Å². The molecule has 0 aromatic heterocycles. The molecular weight excluding hydrogens is 338 g/mol. The van der Waals surface area contributed by atoms with Gasteiger partial charge in [-0.25, -0.2) is 9.59 Å². The number of carbonyl (C=O) groups excluding carboxylic acids is 3. The van der Waals surface area contributed by atoms with Gasteiger partial charge in [-0.1, -0.05) is 0 Å². The van der Waals surface area contributed by atoms with Gasteiger partial charge >= 0.3 is 12.1 Å². The molecule has 1 heterocycles. The fourth-order valence-corrected chi connectivity index (χ4v) is 2.66. The van der Waals surface area contributed by atoms with Crippen molar-refractivity contribution in [2.75, 3.05) is 51.8 Å². The van der Waals surface area contributed by atoms with Crippen LogP contribution in [0.1, 0.15) is 23.7 Å². The molecule has 0 bridgehead atoms. The molecule has 1 saturated heterocycles. The van der Waals surface area contributed by atoms with Crippen LogP contribution in [0.5, 0.6) is 0 Å². The molecular formula is C18H25N3O5. The second-order valence-corrected chi connectivity index (χ2v) is 5.89. The summed E-state index contributed by atoms with van der Waals surface area (Å²) in [5.41, 5.74) is 1.07.